The van der Waals surface area contributed by atoms with Crippen molar-refractivity contribution in [3.63, 3.8) is 0 Å². The maximum absolute atomic E-state index is 12.9. The van der Waals surface area contributed by atoms with Gasteiger partial charge in [-0.15, -0.1) is 10.2 Å². The summed E-state index contributed by atoms with van der Waals surface area (Å²) in [6.45, 7) is 6.19. The molecule has 5 rings (SSSR count). The lowest BCUT2D eigenvalue weighted by Gasteiger charge is -2.38. The van der Waals surface area contributed by atoms with Crippen LogP contribution in [0.2, 0.25) is 0 Å². The van der Waals surface area contributed by atoms with Gasteiger partial charge in [0, 0.05) is 55.6 Å². The second-order valence-electron chi connectivity index (χ2n) is 10.7. The first-order valence-electron chi connectivity index (χ1n) is 14.3. The lowest BCUT2D eigenvalue weighted by atomic mass is 9.74. The fourth-order valence-corrected chi connectivity index (χ4v) is 5.61. The van der Waals surface area contributed by atoms with E-state index in [0.29, 0.717) is 37.9 Å². The summed E-state index contributed by atoms with van der Waals surface area (Å²) in [5.41, 5.74) is 8.50. The Morgan fingerprint density at radius 1 is 1.05 bits per heavy atom. The number of piperidine rings is 1. The van der Waals surface area contributed by atoms with E-state index in [4.69, 9.17) is 15.2 Å². The molecule has 0 saturated carbocycles. The third-order valence-corrected chi connectivity index (χ3v) is 8.10. The minimum Gasteiger partial charge on any atom is -0.494 e. The number of benzene rings is 2. The van der Waals surface area contributed by atoms with Crippen molar-refractivity contribution < 1.29 is 19.1 Å². The van der Waals surface area contributed by atoms with Gasteiger partial charge >= 0.3 is 0 Å². The number of hydrogen-bond donors (Lipinski definition) is 3. The van der Waals surface area contributed by atoms with Crippen LogP contribution in [-0.2, 0) is 14.9 Å². The summed E-state index contributed by atoms with van der Waals surface area (Å²) in [5, 5.41) is 14.8. The lowest BCUT2D eigenvalue weighted by Crippen LogP contribution is -2.40. The van der Waals surface area contributed by atoms with Gasteiger partial charge in [0.1, 0.15) is 11.6 Å². The van der Waals surface area contributed by atoms with Crippen molar-refractivity contribution in [3.05, 3.63) is 71.9 Å². The summed E-state index contributed by atoms with van der Waals surface area (Å²) < 4.78 is 11.3. The first-order valence-corrected chi connectivity index (χ1v) is 14.3. The molecular weight excluding hydrogens is 520 g/mol. The zero-order valence-electron chi connectivity index (χ0n) is 23.5. The maximum Gasteiger partial charge on any atom is 0.276 e. The predicted molar refractivity (Wildman–Crippen MR) is 158 cm³/mol. The molecule has 216 valence electrons. The monoisotopic (exact) mass is 558 g/mol. The van der Waals surface area contributed by atoms with Crippen LogP contribution in [0, 0.1) is 5.92 Å². The molecule has 2 aromatic carbocycles. The Hall–Kier alpha value is -4.18. The van der Waals surface area contributed by atoms with Gasteiger partial charge in [0.25, 0.3) is 5.91 Å². The van der Waals surface area contributed by atoms with Crippen molar-refractivity contribution in [2.45, 2.75) is 38.0 Å². The van der Waals surface area contributed by atoms with Gasteiger partial charge in [-0.05, 0) is 80.6 Å². The van der Waals surface area contributed by atoms with Crippen molar-refractivity contribution in [2.75, 3.05) is 55.0 Å². The van der Waals surface area contributed by atoms with E-state index in [2.05, 4.69) is 37.9 Å². The number of hydrogen-bond acceptors (Lipinski definition) is 8. The summed E-state index contributed by atoms with van der Waals surface area (Å²) in [7, 11) is 0. The van der Waals surface area contributed by atoms with E-state index in [1.807, 2.05) is 43.3 Å². The Morgan fingerprint density at radius 3 is 2.46 bits per heavy atom. The zero-order chi connectivity index (χ0) is 28.7. The molecule has 0 aliphatic carbocycles. The van der Waals surface area contributed by atoms with E-state index < -0.39 is 0 Å². The Bertz CT molecular complexity index is 1320. The third kappa shape index (κ3) is 6.94. The normalized spacial score (nSPS) is 17.0. The highest BCUT2D eigenvalue weighted by atomic mass is 16.5. The SMILES string of the molecule is CCOc1ccc(C2(CNc3ccc(C(=O)Nc4cccc(N5CCC(C(N)=O)CC5)c4)nn3)CCOCC2)cc1. The molecule has 2 saturated heterocycles. The average molecular weight is 559 g/mol. The molecule has 0 spiro atoms. The molecule has 0 radical (unpaired) electrons. The van der Waals surface area contributed by atoms with Crippen molar-refractivity contribution in [2.24, 2.45) is 11.7 Å². The molecule has 10 nitrogen and oxygen atoms in total. The van der Waals surface area contributed by atoms with E-state index in [1.54, 1.807) is 12.1 Å². The maximum atomic E-state index is 12.9. The summed E-state index contributed by atoms with van der Waals surface area (Å²) >= 11 is 0. The first-order chi connectivity index (χ1) is 20.0. The van der Waals surface area contributed by atoms with E-state index in [-0.39, 0.29) is 28.8 Å². The lowest BCUT2D eigenvalue weighted by molar-refractivity contribution is -0.122. The van der Waals surface area contributed by atoms with Crippen molar-refractivity contribution in [3.8, 4) is 5.75 Å². The van der Waals surface area contributed by atoms with E-state index in [1.165, 1.54) is 5.56 Å². The molecule has 4 N–H and O–H groups in total. The number of nitrogens with zero attached hydrogens (tertiary/aromatic N) is 3. The summed E-state index contributed by atoms with van der Waals surface area (Å²) in [5.74, 6) is 0.842. The van der Waals surface area contributed by atoms with Crippen LogP contribution >= 0.6 is 0 Å². The van der Waals surface area contributed by atoms with Gasteiger partial charge in [0.2, 0.25) is 5.91 Å². The molecule has 41 heavy (non-hydrogen) atoms. The van der Waals surface area contributed by atoms with Crippen molar-refractivity contribution in [1.29, 1.82) is 0 Å². The molecule has 3 heterocycles. The summed E-state index contributed by atoms with van der Waals surface area (Å²) in [6, 6.07) is 19.4. The summed E-state index contributed by atoms with van der Waals surface area (Å²) in [6.07, 6.45) is 3.25. The van der Waals surface area contributed by atoms with Gasteiger partial charge in [-0.3, -0.25) is 9.59 Å². The second-order valence-corrected chi connectivity index (χ2v) is 10.7. The van der Waals surface area contributed by atoms with Crippen LogP contribution in [0.15, 0.2) is 60.7 Å². The minimum absolute atomic E-state index is 0.0698. The Morgan fingerprint density at radius 2 is 1.80 bits per heavy atom. The van der Waals surface area contributed by atoms with Crippen LogP contribution in [0.5, 0.6) is 5.75 Å². The molecular formula is C31H38N6O4. The van der Waals surface area contributed by atoms with E-state index in [0.717, 1.165) is 50.2 Å². The van der Waals surface area contributed by atoms with Crippen LogP contribution in [0.25, 0.3) is 0 Å². The van der Waals surface area contributed by atoms with Crippen molar-refractivity contribution in [1.82, 2.24) is 10.2 Å². The number of ether oxygens (including phenoxy) is 2. The fraction of sp³-hybridized carbons (Fsp3) is 0.419. The van der Waals surface area contributed by atoms with E-state index in [9.17, 15) is 9.59 Å². The number of carbonyl (C=O) groups excluding carboxylic acids is 2. The topological polar surface area (TPSA) is 132 Å². The molecule has 0 bridgehead atoms. The van der Waals surface area contributed by atoms with Crippen LogP contribution in [-0.4, -0.2) is 61.5 Å². The number of amides is 2. The molecule has 0 atom stereocenters. The Balaban J connectivity index is 1.19. The molecule has 0 unspecified atom stereocenters. The number of anilines is 3. The first kappa shape index (κ1) is 28.4. The van der Waals surface area contributed by atoms with Crippen LogP contribution < -0.4 is 26.0 Å². The number of primary amides is 1. The highest BCUT2D eigenvalue weighted by Gasteiger charge is 2.34. The van der Waals surface area contributed by atoms with Gasteiger partial charge in [-0.2, -0.15) is 0 Å². The average Bonchev–Trinajstić information content (AvgIpc) is 3.01. The predicted octanol–water partition coefficient (Wildman–Crippen LogP) is 3.99. The molecule has 10 heteroatoms. The van der Waals surface area contributed by atoms with Gasteiger partial charge in [-0.25, -0.2) is 0 Å². The fourth-order valence-electron chi connectivity index (χ4n) is 5.61. The highest BCUT2D eigenvalue weighted by molar-refractivity contribution is 6.03. The largest absolute Gasteiger partial charge is 0.494 e. The van der Waals surface area contributed by atoms with Crippen LogP contribution in [0.4, 0.5) is 17.2 Å². The number of nitrogens with one attached hydrogen (secondary N) is 2. The molecule has 3 aromatic rings. The number of rotatable bonds is 10. The summed E-state index contributed by atoms with van der Waals surface area (Å²) in [4.78, 5) is 26.6. The van der Waals surface area contributed by atoms with Gasteiger partial charge in [0.15, 0.2) is 5.69 Å². The number of aromatic nitrogens is 2. The van der Waals surface area contributed by atoms with Gasteiger partial charge < -0.3 is 30.7 Å². The molecule has 2 aliphatic rings. The molecule has 2 fully saturated rings. The van der Waals surface area contributed by atoms with E-state index >= 15 is 0 Å². The van der Waals surface area contributed by atoms with Crippen LogP contribution in [0.1, 0.15) is 48.7 Å². The third-order valence-electron chi connectivity index (χ3n) is 8.10. The number of nitrogens with two attached hydrogens (primary N) is 1. The van der Waals surface area contributed by atoms with Gasteiger partial charge in [0.05, 0.1) is 6.61 Å². The smallest absolute Gasteiger partial charge is 0.276 e. The standard InChI is InChI=1S/C31H38N6O4/c1-2-41-26-8-6-23(7-9-26)31(14-18-40-19-15-31)21-33-28-11-10-27(35-36-28)30(39)34-24-4-3-5-25(20-24)37-16-12-22(13-17-37)29(32)38/h3-11,20,22H,2,12-19,21H2,1H3,(H2,32,38)(H,33,36)(H,34,39). The molecule has 1 aromatic heterocycles. The number of carbonyl (C=O) groups is 2. The highest BCUT2D eigenvalue weighted by Crippen LogP contribution is 2.36. The molecule has 2 amide bonds. The minimum atomic E-state index is -0.330. The van der Waals surface area contributed by atoms with Crippen LogP contribution in [0.3, 0.4) is 0 Å². The quantitative estimate of drug-likeness (QED) is 0.340. The molecule has 2 aliphatic heterocycles. The Labute approximate surface area is 240 Å². The van der Waals surface area contributed by atoms with Gasteiger partial charge in [-0.1, -0.05) is 18.2 Å². The zero-order valence-corrected chi connectivity index (χ0v) is 23.5. The second kappa shape index (κ2) is 13.0. The Kier molecular flexibility index (Phi) is 8.98. The van der Waals surface area contributed by atoms with Crippen molar-refractivity contribution >= 4 is 29.0 Å².